The van der Waals surface area contributed by atoms with Crippen LogP contribution < -0.4 is 4.72 Å². The fourth-order valence-corrected chi connectivity index (χ4v) is 8.01. The van der Waals surface area contributed by atoms with Crippen molar-refractivity contribution in [3.05, 3.63) is 77.8 Å². The van der Waals surface area contributed by atoms with Crippen molar-refractivity contribution in [3.63, 3.8) is 0 Å². The molecule has 3 aromatic carbocycles. The Kier molecular flexibility index (Phi) is 6.41. The largest absolute Gasteiger partial charge is 0.240 e. The maximum absolute atomic E-state index is 12.8. The third-order valence-electron chi connectivity index (χ3n) is 5.34. The lowest BCUT2D eigenvalue weighted by atomic mass is 10.1. The van der Waals surface area contributed by atoms with Crippen LogP contribution in [0.15, 0.2) is 87.5 Å². The monoisotopic (exact) mass is 525 g/mol. The first-order valence-electron chi connectivity index (χ1n) is 9.90. The van der Waals surface area contributed by atoms with Crippen LogP contribution in [0, 0.1) is 0 Å². The first-order valence-corrected chi connectivity index (χ1v) is 15.1. The molecule has 3 aromatic rings. The van der Waals surface area contributed by atoms with Gasteiger partial charge in [0, 0.05) is 11.1 Å². The Bertz CT molecular complexity index is 1480. The molecule has 7 nitrogen and oxygen atoms in total. The molecular weight excluding hydrogens is 506 g/mol. The Morgan fingerprint density at radius 3 is 1.64 bits per heavy atom. The number of hydrogen-bond donors (Lipinski definition) is 1. The predicted octanol–water partition coefficient (Wildman–Crippen LogP) is 3.31. The van der Waals surface area contributed by atoms with Gasteiger partial charge in [0.1, 0.15) is 0 Å². The first kappa shape index (κ1) is 23.9. The van der Waals surface area contributed by atoms with Gasteiger partial charge in [0.2, 0.25) is 19.9 Å². The quantitative estimate of drug-likeness (QED) is 0.528. The molecule has 1 aliphatic rings. The average molecular weight is 526 g/mol. The Morgan fingerprint density at radius 2 is 1.18 bits per heavy atom. The zero-order valence-corrected chi connectivity index (χ0v) is 20.4. The van der Waals surface area contributed by atoms with E-state index in [1.165, 1.54) is 48.5 Å². The molecule has 1 unspecified atom stereocenters. The number of sulfonamides is 1. The Morgan fingerprint density at radius 1 is 0.727 bits per heavy atom. The smallest absolute Gasteiger partial charge is 0.229 e. The van der Waals surface area contributed by atoms with E-state index in [0.717, 1.165) is 0 Å². The Balaban J connectivity index is 1.52. The van der Waals surface area contributed by atoms with Crippen molar-refractivity contribution in [1.29, 1.82) is 0 Å². The zero-order valence-electron chi connectivity index (χ0n) is 17.2. The van der Waals surface area contributed by atoms with E-state index in [1.54, 1.807) is 24.3 Å². The second-order valence-electron chi connectivity index (χ2n) is 7.73. The molecule has 0 radical (unpaired) electrons. The zero-order chi connectivity index (χ0) is 23.9. The van der Waals surface area contributed by atoms with Crippen LogP contribution in [-0.4, -0.2) is 42.8 Å². The number of benzene rings is 3. The molecule has 0 aromatic heterocycles. The van der Waals surface area contributed by atoms with Gasteiger partial charge < -0.3 is 0 Å². The van der Waals surface area contributed by atoms with Gasteiger partial charge in [-0.2, -0.15) is 0 Å². The van der Waals surface area contributed by atoms with Crippen LogP contribution in [0.25, 0.3) is 11.1 Å². The second kappa shape index (κ2) is 8.84. The van der Waals surface area contributed by atoms with Crippen molar-refractivity contribution >= 4 is 41.3 Å². The summed E-state index contributed by atoms with van der Waals surface area (Å²) in [5, 5.41) is 0.443. The van der Waals surface area contributed by atoms with Gasteiger partial charge in [-0.05, 0) is 66.1 Å². The van der Waals surface area contributed by atoms with E-state index in [0.29, 0.717) is 16.1 Å². The van der Waals surface area contributed by atoms with E-state index in [9.17, 15) is 25.3 Å². The van der Waals surface area contributed by atoms with Gasteiger partial charge in [-0.15, -0.1) is 0 Å². The minimum atomic E-state index is -3.86. The standard InChI is InChI=1S/C22H20ClNO6S3/c23-18-5-11-21(12-6-18)32(27,28)20-7-1-16(2-8-20)17-3-9-22(10-4-17)33(29,30)24-19-13-14-31(25,26)15-19/h1-12,19,24H,13-15H2. The molecule has 33 heavy (non-hydrogen) atoms. The molecule has 0 amide bonds. The van der Waals surface area contributed by atoms with E-state index in [2.05, 4.69) is 4.72 Å². The van der Waals surface area contributed by atoms with Gasteiger partial charge >= 0.3 is 0 Å². The maximum atomic E-state index is 12.8. The van der Waals surface area contributed by atoms with E-state index in [-0.39, 0.29) is 32.6 Å². The van der Waals surface area contributed by atoms with E-state index in [4.69, 9.17) is 11.6 Å². The molecule has 174 valence electrons. The molecule has 1 saturated heterocycles. The summed E-state index contributed by atoms with van der Waals surface area (Å²) in [6.45, 7) is 0. The molecule has 1 aliphatic heterocycles. The molecule has 0 saturated carbocycles. The second-order valence-corrected chi connectivity index (χ2v) is 14.1. The predicted molar refractivity (Wildman–Crippen MR) is 126 cm³/mol. The highest BCUT2D eigenvalue weighted by atomic mass is 35.5. The van der Waals surface area contributed by atoms with Crippen LogP contribution in [0.5, 0.6) is 0 Å². The number of rotatable bonds is 6. The lowest BCUT2D eigenvalue weighted by Crippen LogP contribution is -2.35. The van der Waals surface area contributed by atoms with Crippen LogP contribution in [0.3, 0.4) is 0 Å². The van der Waals surface area contributed by atoms with Crippen molar-refractivity contribution < 1.29 is 25.3 Å². The SMILES string of the molecule is O=S1(=O)CCC(NS(=O)(=O)c2ccc(-c3ccc(S(=O)(=O)c4ccc(Cl)cc4)cc3)cc2)C1. The van der Waals surface area contributed by atoms with Gasteiger partial charge in [-0.1, -0.05) is 35.9 Å². The van der Waals surface area contributed by atoms with Gasteiger partial charge in [0.15, 0.2) is 9.84 Å². The number of hydrogen-bond acceptors (Lipinski definition) is 6. The molecule has 1 N–H and O–H groups in total. The van der Waals surface area contributed by atoms with Crippen LogP contribution in [-0.2, 0) is 29.7 Å². The van der Waals surface area contributed by atoms with Gasteiger partial charge in [-0.3, -0.25) is 0 Å². The van der Waals surface area contributed by atoms with E-state index < -0.39 is 35.7 Å². The summed E-state index contributed by atoms with van der Waals surface area (Å²) in [6, 6.07) is 17.6. The number of sulfone groups is 2. The topological polar surface area (TPSA) is 114 Å². The number of halogens is 1. The summed E-state index contributed by atoms with van der Waals surface area (Å²) in [5.74, 6) is -0.224. The highest BCUT2D eigenvalue weighted by Crippen LogP contribution is 2.27. The average Bonchev–Trinajstić information content (AvgIpc) is 3.11. The first-order chi connectivity index (χ1) is 15.5. The summed E-state index contributed by atoms with van der Waals surface area (Å²) in [6.07, 6.45) is 0.255. The highest BCUT2D eigenvalue weighted by molar-refractivity contribution is 7.92. The third kappa shape index (κ3) is 5.30. The third-order valence-corrected chi connectivity index (χ3v) is 10.7. The van der Waals surface area contributed by atoms with E-state index >= 15 is 0 Å². The minimum Gasteiger partial charge on any atom is -0.229 e. The van der Waals surface area contributed by atoms with Crippen LogP contribution in [0.1, 0.15) is 6.42 Å². The molecule has 1 atom stereocenters. The summed E-state index contributed by atoms with van der Waals surface area (Å²) < 4.78 is 76.3. The summed E-state index contributed by atoms with van der Waals surface area (Å²) in [4.78, 5) is 0.290. The van der Waals surface area contributed by atoms with Crippen molar-refractivity contribution in [2.75, 3.05) is 11.5 Å². The van der Waals surface area contributed by atoms with Gasteiger partial charge in [0.05, 0.1) is 26.2 Å². The minimum absolute atomic E-state index is 0.0249. The summed E-state index contributed by atoms with van der Waals surface area (Å²) in [7, 11) is -10.7. The van der Waals surface area contributed by atoms with Crippen molar-refractivity contribution in [2.24, 2.45) is 0 Å². The lowest BCUT2D eigenvalue weighted by molar-refractivity contribution is 0.562. The van der Waals surface area contributed by atoms with Crippen LogP contribution >= 0.6 is 11.6 Å². The fraction of sp³-hybridized carbons (Fsp3) is 0.182. The van der Waals surface area contributed by atoms with Gasteiger partial charge in [-0.25, -0.2) is 30.0 Å². The normalized spacial score (nSPS) is 18.3. The Hall–Kier alpha value is -2.24. The van der Waals surface area contributed by atoms with E-state index in [1.807, 2.05) is 0 Å². The molecule has 4 rings (SSSR count). The molecule has 1 fully saturated rings. The molecule has 1 heterocycles. The summed E-state index contributed by atoms with van der Waals surface area (Å²) >= 11 is 5.83. The summed E-state index contributed by atoms with van der Waals surface area (Å²) in [5.41, 5.74) is 1.41. The van der Waals surface area contributed by atoms with Gasteiger partial charge in [0.25, 0.3) is 0 Å². The fourth-order valence-electron chi connectivity index (χ4n) is 3.58. The molecule has 0 bridgehead atoms. The van der Waals surface area contributed by atoms with Crippen LogP contribution in [0.4, 0.5) is 0 Å². The maximum Gasteiger partial charge on any atom is 0.240 e. The van der Waals surface area contributed by atoms with Crippen molar-refractivity contribution in [3.8, 4) is 11.1 Å². The Labute approximate surface area is 198 Å². The highest BCUT2D eigenvalue weighted by Gasteiger charge is 2.31. The molecule has 0 aliphatic carbocycles. The molecular formula is C22H20ClNO6S3. The van der Waals surface area contributed by atoms with Crippen molar-refractivity contribution in [2.45, 2.75) is 27.1 Å². The number of nitrogens with one attached hydrogen (secondary N) is 1. The van der Waals surface area contributed by atoms with Crippen molar-refractivity contribution in [1.82, 2.24) is 4.72 Å². The molecule has 0 spiro atoms. The lowest BCUT2D eigenvalue weighted by Gasteiger charge is -2.12. The molecule has 11 heteroatoms. The van der Waals surface area contributed by atoms with Crippen LogP contribution in [0.2, 0.25) is 5.02 Å².